The first-order chi connectivity index (χ1) is 6.91. The maximum Gasteiger partial charge on any atom is 0.258 e. The van der Waals surface area contributed by atoms with Crippen LogP contribution in [0.15, 0.2) is 16.6 Å². The van der Waals surface area contributed by atoms with E-state index in [1.807, 2.05) is 0 Å². The molecular weight excluding hydrogens is 267 g/mol. The van der Waals surface area contributed by atoms with Crippen molar-refractivity contribution >= 4 is 27.5 Å². The van der Waals surface area contributed by atoms with Gasteiger partial charge in [0.2, 0.25) is 0 Å². The molecule has 0 aliphatic carbocycles. The first-order valence-electron chi connectivity index (χ1n) is 4.12. The van der Waals surface area contributed by atoms with E-state index >= 15 is 0 Å². The number of carbonyl (C=O) groups excluding carboxylic acids is 1. The molecule has 15 heavy (non-hydrogen) atoms. The molecule has 6 heteroatoms. The lowest BCUT2D eigenvalue weighted by Gasteiger charge is -2.14. The Labute approximate surface area is 94.5 Å². The summed E-state index contributed by atoms with van der Waals surface area (Å²) >= 11 is 3.08. The van der Waals surface area contributed by atoms with Gasteiger partial charge in [-0.25, -0.2) is 4.39 Å². The minimum atomic E-state index is -0.825. The maximum absolute atomic E-state index is 12.8. The molecule has 1 aromatic carbocycles. The lowest BCUT2D eigenvalue weighted by atomic mass is 10.3. The van der Waals surface area contributed by atoms with Gasteiger partial charge in [0, 0.05) is 6.07 Å². The number of halogens is 2. The quantitative estimate of drug-likeness (QED) is 0.820. The van der Waals surface area contributed by atoms with Crippen molar-refractivity contribution in [3.63, 3.8) is 0 Å². The zero-order valence-corrected chi connectivity index (χ0v) is 9.55. The number of benzene rings is 1. The van der Waals surface area contributed by atoms with Crippen molar-refractivity contribution in [2.45, 2.75) is 13.0 Å². The highest BCUT2D eigenvalue weighted by Gasteiger charge is 2.15. The van der Waals surface area contributed by atoms with Crippen LogP contribution in [0.1, 0.15) is 6.92 Å². The van der Waals surface area contributed by atoms with E-state index in [1.54, 1.807) is 0 Å². The van der Waals surface area contributed by atoms with Crippen molar-refractivity contribution in [3.8, 4) is 5.75 Å². The largest absolute Gasteiger partial charge is 0.478 e. The van der Waals surface area contributed by atoms with E-state index in [1.165, 1.54) is 13.0 Å². The van der Waals surface area contributed by atoms with Crippen LogP contribution in [0.25, 0.3) is 0 Å². The number of hydrogen-bond acceptors (Lipinski definition) is 3. The number of anilines is 1. The first kappa shape index (κ1) is 11.8. The number of amides is 1. The van der Waals surface area contributed by atoms with Crippen molar-refractivity contribution in [2.24, 2.45) is 5.73 Å². The van der Waals surface area contributed by atoms with Gasteiger partial charge in [-0.05, 0) is 28.9 Å². The van der Waals surface area contributed by atoms with Crippen LogP contribution >= 0.6 is 15.9 Å². The molecule has 4 N–H and O–H groups in total. The van der Waals surface area contributed by atoms with Gasteiger partial charge >= 0.3 is 0 Å². The molecule has 1 atom stereocenters. The molecule has 0 saturated carbocycles. The summed E-state index contributed by atoms with van der Waals surface area (Å²) in [4.78, 5) is 10.8. The normalized spacial score (nSPS) is 12.2. The van der Waals surface area contributed by atoms with Crippen molar-refractivity contribution < 1.29 is 13.9 Å². The fourth-order valence-electron chi connectivity index (χ4n) is 0.939. The van der Waals surface area contributed by atoms with Gasteiger partial charge in [-0.15, -0.1) is 0 Å². The average molecular weight is 277 g/mol. The van der Waals surface area contributed by atoms with Gasteiger partial charge in [0.25, 0.3) is 5.91 Å². The van der Waals surface area contributed by atoms with Crippen LogP contribution < -0.4 is 16.2 Å². The van der Waals surface area contributed by atoms with Crippen LogP contribution in [-0.2, 0) is 4.79 Å². The number of nitrogens with two attached hydrogens (primary N) is 2. The molecule has 0 aromatic heterocycles. The van der Waals surface area contributed by atoms with Crippen LogP contribution in [0, 0.1) is 5.82 Å². The minimum absolute atomic E-state index is 0.106. The molecule has 1 amide bonds. The molecule has 0 radical (unpaired) electrons. The SMILES string of the molecule is CC(Oc1c(N)cc(F)cc1Br)C(N)=O. The zero-order chi connectivity index (χ0) is 11.6. The van der Waals surface area contributed by atoms with Gasteiger partial charge in [-0.1, -0.05) is 0 Å². The summed E-state index contributed by atoms with van der Waals surface area (Å²) in [5.74, 6) is -0.897. The van der Waals surface area contributed by atoms with Crippen LogP contribution in [-0.4, -0.2) is 12.0 Å². The number of ether oxygens (including phenoxy) is 1. The van der Waals surface area contributed by atoms with Gasteiger partial charge < -0.3 is 16.2 Å². The van der Waals surface area contributed by atoms with E-state index < -0.39 is 17.8 Å². The van der Waals surface area contributed by atoms with E-state index in [9.17, 15) is 9.18 Å². The summed E-state index contributed by atoms with van der Waals surface area (Å²) in [6.07, 6.45) is -0.825. The standard InChI is InChI=1S/C9H10BrFN2O2/c1-4(9(13)14)15-8-6(10)2-5(11)3-7(8)12/h2-4H,12H2,1H3,(H2,13,14). The van der Waals surface area contributed by atoms with Crippen LogP contribution in [0.4, 0.5) is 10.1 Å². The predicted molar refractivity (Wildman–Crippen MR) is 57.8 cm³/mol. The van der Waals surface area contributed by atoms with Gasteiger partial charge in [-0.3, -0.25) is 4.79 Å². The number of nitrogen functional groups attached to an aromatic ring is 1. The fourth-order valence-corrected chi connectivity index (χ4v) is 1.48. The fraction of sp³-hybridized carbons (Fsp3) is 0.222. The average Bonchev–Trinajstić information content (AvgIpc) is 2.10. The lowest BCUT2D eigenvalue weighted by molar-refractivity contribution is -0.123. The predicted octanol–water partition coefficient (Wildman–Crippen LogP) is 1.42. The Morgan fingerprint density at radius 2 is 2.20 bits per heavy atom. The van der Waals surface area contributed by atoms with Crippen molar-refractivity contribution in [1.82, 2.24) is 0 Å². The Morgan fingerprint density at radius 1 is 1.60 bits per heavy atom. The van der Waals surface area contributed by atoms with Gasteiger partial charge in [0.1, 0.15) is 5.82 Å². The summed E-state index contributed by atoms with van der Waals surface area (Å²) in [6.45, 7) is 1.48. The molecule has 0 fully saturated rings. The highest BCUT2D eigenvalue weighted by molar-refractivity contribution is 9.10. The van der Waals surface area contributed by atoms with E-state index in [4.69, 9.17) is 16.2 Å². The van der Waals surface area contributed by atoms with Crippen LogP contribution in [0.3, 0.4) is 0 Å². The molecule has 0 spiro atoms. The molecule has 82 valence electrons. The Kier molecular flexibility index (Phi) is 3.52. The van der Waals surface area contributed by atoms with Gasteiger partial charge in [0.05, 0.1) is 10.2 Å². The molecular formula is C9H10BrFN2O2. The second-order valence-corrected chi connectivity index (χ2v) is 3.82. The zero-order valence-electron chi connectivity index (χ0n) is 7.96. The summed E-state index contributed by atoms with van der Waals surface area (Å²) in [5, 5.41) is 0. The highest BCUT2D eigenvalue weighted by atomic mass is 79.9. The second-order valence-electron chi connectivity index (χ2n) is 2.97. The topological polar surface area (TPSA) is 78.3 Å². The highest BCUT2D eigenvalue weighted by Crippen LogP contribution is 2.33. The molecule has 0 heterocycles. The van der Waals surface area contributed by atoms with Crippen LogP contribution in [0.5, 0.6) is 5.75 Å². The molecule has 0 aliphatic heterocycles. The molecule has 1 rings (SSSR count). The monoisotopic (exact) mass is 276 g/mol. The molecule has 1 unspecified atom stereocenters. The lowest BCUT2D eigenvalue weighted by Crippen LogP contribution is -2.31. The molecule has 0 aliphatic rings. The molecule has 4 nitrogen and oxygen atoms in total. The summed E-state index contributed by atoms with van der Waals surface area (Å²) < 4.78 is 18.4. The van der Waals surface area contributed by atoms with Crippen molar-refractivity contribution in [1.29, 1.82) is 0 Å². The van der Waals surface area contributed by atoms with Crippen molar-refractivity contribution in [2.75, 3.05) is 5.73 Å². The Bertz CT molecular complexity index is 375. The van der Waals surface area contributed by atoms with E-state index in [0.717, 1.165) is 6.07 Å². The molecule has 0 bridgehead atoms. The van der Waals surface area contributed by atoms with E-state index in [-0.39, 0.29) is 11.4 Å². The number of carbonyl (C=O) groups is 1. The van der Waals surface area contributed by atoms with Gasteiger partial charge in [0.15, 0.2) is 11.9 Å². The molecule has 1 aromatic rings. The number of rotatable bonds is 3. The summed E-state index contributed by atoms with van der Waals surface area (Å²) in [7, 11) is 0. The Balaban J connectivity index is 3.00. The minimum Gasteiger partial charge on any atom is -0.478 e. The Morgan fingerprint density at radius 3 is 2.67 bits per heavy atom. The van der Waals surface area contributed by atoms with Crippen LogP contribution in [0.2, 0.25) is 0 Å². The summed E-state index contributed by atoms with van der Waals surface area (Å²) in [6, 6.07) is 2.30. The van der Waals surface area contributed by atoms with Crippen molar-refractivity contribution in [3.05, 3.63) is 22.4 Å². The smallest absolute Gasteiger partial charge is 0.258 e. The van der Waals surface area contributed by atoms with Gasteiger partial charge in [-0.2, -0.15) is 0 Å². The second kappa shape index (κ2) is 4.48. The first-order valence-corrected chi connectivity index (χ1v) is 4.91. The maximum atomic E-state index is 12.8. The van der Waals surface area contributed by atoms with E-state index in [2.05, 4.69) is 15.9 Å². The summed E-state index contributed by atoms with van der Waals surface area (Å²) in [5.41, 5.74) is 10.6. The third-order valence-electron chi connectivity index (χ3n) is 1.73. The van der Waals surface area contributed by atoms with E-state index in [0.29, 0.717) is 4.47 Å². The third kappa shape index (κ3) is 2.82. The number of primary amides is 1. The third-order valence-corrected chi connectivity index (χ3v) is 2.32. The molecule has 0 saturated heterocycles. The Hall–Kier alpha value is -1.30. The number of hydrogen-bond donors (Lipinski definition) is 2.